The molecule has 21 heavy (non-hydrogen) atoms. The molecule has 1 aromatic rings. The Hall–Kier alpha value is -0.390. The molecule has 1 unspecified atom stereocenters. The predicted octanol–water partition coefficient (Wildman–Crippen LogP) is 3.81. The molecular formula is C16H24BrNO2S. The van der Waals surface area contributed by atoms with Crippen LogP contribution >= 0.6 is 15.9 Å². The second kappa shape index (κ2) is 7.25. The normalized spacial score (nSPS) is 20.1. The van der Waals surface area contributed by atoms with E-state index in [1.807, 2.05) is 37.3 Å². The number of alkyl halides is 1. The highest BCUT2D eigenvalue weighted by Crippen LogP contribution is 2.31. The van der Waals surface area contributed by atoms with Gasteiger partial charge in [0.2, 0.25) is 10.0 Å². The van der Waals surface area contributed by atoms with Crippen molar-refractivity contribution in [1.82, 2.24) is 4.72 Å². The molecule has 5 heteroatoms. The smallest absolute Gasteiger partial charge is 0.212 e. The van der Waals surface area contributed by atoms with Gasteiger partial charge < -0.3 is 0 Å². The summed E-state index contributed by atoms with van der Waals surface area (Å²) in [7, 11) is -3.28. The zero-order valence-corrected chi connectivity index (χ0v) is 14.9. The molecule has 118 valence electrons. The molecule has 1 aliphatic carbocycles. The minimum absolute atomic E-state index is 0.000309. The summed E-state index contributed by atoms with van der Waals surface area (Å²) in [5, 5.41) is 0.693. The topological polar surface area (TPSA) is 46.2 Å². The lowest BCUT2D eigenvalue weighted by atomic mass is 9.84. The molecule has 1 aliphatic rings. The molecule has 2 rings (SSSR count). The van der Waals surface area contributed by atoms with Gasteiger partial charge in [0.05, 0.1) is 5.75 Å². The second-order valence-electron chi connectivity index (χ2n) is 6.17. The summed E-state index contributed by atoms with van der Waals surface area (Å²) in [5.74, 6) is 0.144. The van der Waals surface area contributed by atoms with E-state index in [0.717, 1.165) is 31.2 Å². The van der Waals surface area contributed by atoms with Crippen LogP contribution in [0.1, 0.15) is 50.5 Å². The second-order valence-corrected chi connectivity index (χ2v) is 8.50. The van der Waals surface area contributed by atoms with E-state index < -0.39 is 10.0 Å². The van der Waals surface area contributed by atoms with Crippen molar-refractivity contribution in [3.8, 4) is 0 Å². The fourth-order valence-corrected chi connectivity index (χ4v) is 5.83. The van der Waals surface area contributed by atoms with Gasteiger partial charge in [0, 0.05) is 10.9 Å². The molecule has 0 heterocycles. The summed E-state index contributed by atoms with van der Waals surface area (Å²) in [5.41, 5.74) is 0.785. The predicted molar refractivity (Wildman–Crippen MR) is 91.4 cm³/mol. The van der Waals surface area contributed by atoms with E-state index >= 15 is 0 Å². The van der Waals surface area contributed by atoms with E-state index in [4.69, 9.17) is 0 Å². The first kappa shape index (κ1) is 17.0. The van der Waals surface area contributed by atoms with Crippen molar-refractivity contribution in [1.29, 1.82) is 0 Å². The van der Waals surface area contributed by atoms with E-state index in [0.29, 0.717) is 5.33 Å². The van der Waals surface area contributed by atoms with Gasteiger partial charge in [0.15, 0.2) is 0 Å². The Bertz CT molecular complexity index is 539. The fraction of sp³-hybridized carbons (Fsp3) is 0.625. The Balaban J connectivity index is 2.04. The van der Waals surface area contributed by atoms with Crippen molar-refractivity contribution in [2.24, 2.45) is 0 Å². The van der Waals surface area contributed by atoms with E-state index in [9.17, 15) is 8.42 Å². The Labute approximate surface area is 136 Å². The van der Waals surface area contributed by atoms with Crippen molar-refractivity contribution in [2.75, 3.05) is 11.1 Å². The number of rotatable bonds is 6. The Morgan fingerprint density at radius 3 is 2.38 bits per heavy atom. The molecular weight excluding hydrogens is 350 g/mol. The molecule has 0 saturated heterocycles. The molecule has 0 spiro atoms. The van der Waals surface area contributed by atoms with Crippen molar-refractivity contribution in [3.05, 3.63) is 35.9 Å². The van der Waals surface area contributed by atoms with Crippen LogP contribution in [0.25, 0.3) is 0 Å². The zero-order chi connectivity index (χ0) is 15.3. The van der Waals surface area contributed by atoms with Crippen LogP contribution < -0.4 is 4.72 Å². The van der Waals surface area contributed by atoms with Gasteiger partial charge in [-0.1, -0.05) is 72.4 Å². The quantitative estimate of drug-likeness (QED) is 0.770. The first-order valence-corrected chi connectivity index (χ1v) is 10.4. The largest absolute Gasteiger partial charge is 0.212 e. The van der Waals surface area contributed by atoms with E-state index in [1.165, 1.54) is 6.42 Å². The lowest BCUT2D eigenvalue weighted by molar-refractivity contribution is 0.301. The van der Waals surface area contributed by atoms with Crippen LogP contribution in [-0.4, -0.2) is 25.0 Å². The lowest BCUT2D eigenvalue weighted by Gasteiger charge is -2.36. The number of benzene rings is 1. The van der Waals surface area contributed by atoms with Gasteiger partial charge in [0.25, 0.3) is 0 Å². The van der Waals surface area contributed by atoms with Crippen molar-refractivity contribution in [3.63, 3.8) is 0 Å². The first-order valence-electron chi connectivity index (χ1n) is 7.59. The van der Waals surface area contributed by atoms with Gasteiger partial charge in [-0.05, 0) is 24.3 Å². The van der Waals surface area contributed by atoms with Gasteiger partial charge in [-0.3, -0.25) is 0 Å². The number of nitrogens with one attached hydrogen (secondary N) is 1. The SMILES string of the molecule is CC(CS(=O)(=O)NC1(CBr)CCCCC1)c1ccccc1. The summed E-state index contributed by atoms with van der Waals surface area (Å²) in [6.07, 6.45) is 5.26. The van der Waals surface area contributed by atoms with Gasteiger partial charge in [0.1, 0.15) is 0 Å². The van der Waals surface area contributed by atoms with E-state index in [-0.39, 0.29) is 17.2 Å². The van der Waals surface area contributed by atoms with Crippen LogP contribution in [-0.2, 0) is 10.0 Å². The molecule has 1 N–H and O–H groups in total. The maximum absolute atomic E-state index is 12.5. The summed E-state index contributed by atoms with van der Waals surface area (Å²) in [4.78, 5) is 0. The van der Waals surface area contributed by atoms with Gasteiger partial charge >= 0.3 is 0 Å². The van der Waals surface area contributed by atoms with Crippen molar-refractivity contribution >= 4 is 26.0 Å². The zero-order valence-electron chi connectivity index (χ0n) is 12.5. The molecule has 1 atom stereocenters. The third kappa shape index (κ3) is 4.80. The highest BCUT2D eigenvalue weighted by molar-refractivity contribution is 9.09. The van der Waals surface area contributed by atoms with Crippen LogP contribution in [0.4, 0.5) is 0 Å². The van der Waals surface area contributed by atoms with Crippen LogP contribution in [0, 0.1) is 0 Å². The van der Waals surface area contributed by atoms with Crippen LogP contribution in [0.3, 0.4) is 0 Å². The maximum atomic E-state index is 12.5. The minimum atomic E-state index is -3.28. The lowest BCUT2D eigenvalue weighted by Crippen LogP contribution is -2.52. The molecule has 0 aromatic heterocycles. The monoisotopic (exact) mass is 373 g/mol. The van der Waals surface area contributed by atoms with Crippen molar-refractivity contribution in [2.45, 2.75) is 50.5 Å². The van der Waals surface area contributed by atoms with Gasteiger partial charge in [-0.2, -0.15) is 0 Å². The van der Waals surface area contributed by atoms with E-state index in [1.54, 1.807) is 0 Å². The van der Waals surface area contributed by atoms with Crippen LogP contribution in [0.2, 0.25) is 0 Å². The summed E-state index contributed by atoms with van der Waals surface area (Å²) in [6, 6.07) is 9.83. The highest BCUT2D eigenvalue weighted by Gasteiger charge is 2.35. The number of hydrogen-bond donors (Lipinski definition) is 1. The third-order valence-electron chi connectivity index (χ3n) is 4.28. The van der Waals surface area contributed by atoms with Gasteiger partial charge in [-0.15, -0.1) is 0 Å². The molecule has 0 bridgehead atoms. The average Bonchev–Trinajstić information content (AvgIpc) is 2.48. The third-order valence-corrected chi connectivity index (χ3v) is 7.03. The highest BCUT2D eigenvalue weighted by atomic mass is 79.9. The molecule has 3 nitrogen and oxygen atoms in total. The number of halogens is 1. The number of hydrogen-bond acceptors (Lipinski definition) is 2. The van der Waals surface area contributed by atoms with Crippen LogP contribution in [0.15, 0.2) is 30.3 Å². The fourth-order valence-electron chi connectivity index (χ4n) is 3.07. The van der Waals surface area contributed by atoms with Gasteiger partial charge in [-0.25, -0.2) is 13.1 Å². The average molecular weight is 374 g/mol. The van der Waals surface area contributed by atoms with Crippen LogP contribution in [0.5, 0.6) is 0 Å². The molecule has 0 amide bonds. The Morgan fingerprint density at radius 1 is 1.19 bits per heavy atom. The molecule has 1 fully saturated rings. The summed E-state index contributed by atoms with van der Waals surface area (Å²) in [6.45, 7) is 1.97. The maximum Gasteiger partial charge on any atom is 0.212 e. The molecule has 1 aromatic carbocycles. The minimum Gasteiger partial charge on any atom is -0.212 e. The summed E-state index contributed by atoms with van der Waals surface area (Å²) < 4.78 is 28.0. The van der Waals surface area contributed by atoms with E-state index in [2.05, 4.69) is 20.7 Å². The van der Waals surface area contributed by atoms with Crippen molar-refractivity contribution < 1.29 is 8.42 Å². The number of sulfonamides is 1. The molecule has 1 saturated carbocycles. The molecule has 0 radical (unpaired) electrons. The Kier molecular flexibility index (Phi) is 5.86. The summed E-state index contributed by atoms with van der Waals surface area (Å²) >= 11 is 3.50. The molecule has 0 aliphatic heterocycles. The first-order chi connectivity index (χ1) is 9.96. The Morgan fingerprint density at radius 2 is 1.81 bits per heavy atom. The standard InChI is InChI=1S/C16H24BrNO2S/c1-14(15-8-4-2-5-9-15)12-21(19,20)18-16(13-17)10-6-3-7-11-16/h2,4-5,8-9,14,18H,3,6-7,10-13H2,1H3.